The highest BCUT2D eigenvalue weighted by molar-refractivity contribution is 7.92. The van der Waals surface area contributed by atoms with Crippen molar-refractivity contribution >= 4 is 27.5 Å². The Morgan fingerprint density at radius 1 is 0.894 bits per heavy atom. The molecule has 254 valence electrons. The third-order valence-corrected chi connectivity index (χ3v) is 10.2. The molecule has 4 rings (SSSR count). The molecule has 1 fully saturated rings. The number of benzene rings is 3. The van der Waals surface area contributed by atoms with Crippen molar-refractivity contribution in [3.05, 3.63) is 78.4 Å². The second kappa shape index (κ2) is 17.1. The summed E-state index contributed by atoms with van der Waals surface area (Å²) >= 11 is 0. The minimum atomic E-state index is -4.30. The minimum Gasteiger partial charge on any atom is -0.494 e. The molecule has 0 saturated heterocycles. The topological polar surface area (TPSA) is 114 Å². The predicted molar refractivity (Wildman–Crippen MR) is 183 cm³/mol. The molecular weight excluding hydrogens is 618 g/mol. The Kier molecular flexibility index (Phi) is 12.9. The zero-order chi connectivity index (χ0) is 33.8. The smallest absolute Gasteiger partial charge is 0.264 e. The van der Waals surface area contributed by atoms with Crippen LogP contribution >= 0.6 is 0 Å². The molecule has 1 atom stereocenters. The third kappa shape index (κ3) is 9.18. The summed E-state index contributed by atoms with van der Waals surface area (Å²) in [5.41, 5.74) is 1.29. The fourth-order valence-corrected chi connectivity index (χ4v) is 7.38. The van der Waals surface area contributed by atoms with E-state index in [0.29, 0.717) is 30.9 Å². The van der Waals surface area contributed by atoms with Crippen molar-refractivity contribution in [2.45, 2.75) is 75.8 Å². The maximum absolute atomic E-state index is 14.4. The first-order chi connectivity index (χ1) is 22.7. The van der Waals surface area contributed by atoms with Crippen LogP contribution in [-0.2, 0) is 26.0 Å². The number of amides is 2. The lowest BCUT2D eigenvalue weighted by Gasteiger charge is -2.34. The van der Waals surface area contributed by atoms with Crippen LogP contribution in [0.3, 0.4) is 0 Å². The molecule has 0 aliphatic heterocycles. The molecule has 0 heterocycles. The molecule has 3 aromatic rings. The van der Waals surface area contributed by atoms with Crippen molar-refractivity contribution in [2.24, 2.45) is 0 Å². The fraction of sp³-hybridized carbons (Fsp3) is 0.444. The summed E-state index contributed by atoms with van der Waals surface area (Å²) in [5, 5.41) is 3.18. The number of hydrogen-bond acceptors (Lipinski definition) is 7. The number of sulfonamides is 1. The average molecular weight is 666 g/mol. The van der Waals surface area contributed by atoms with Crippen LogP contribution in [0.1, 0.15) is 57.9 Å². The number of anilines is 1. The molecule has 1 N–H and O–H groups in total. The van der Waals surface area contributed by atoms with Gasteiger partial charge in [0.1, 0.15) is 18.3 Å². The van der Waals surface area contributed by atoms with Gasteiger partial charge in [0, 0.05) is 18.7 Å². The Morgan fingerprint density at radius 2 is 1.57 bits per heavy atom. The molecule has 0 aromatic heterocycles. The quantitative estimate of drug-likeness (QED) is 0.212. The van der Waals surface area contributed by atoms with Gasteiger partial charge in [0.05, 0.1) is 31.4 Å². The van der Waals surface area contributed by atoms with Crippen LogP contribution in [0, 0.1) is 0 Å². The Labute approximate surface area is 279 Å². The van der Waals surface area contributed by atoms with Crippen LogP contribution in [0.5, 0.6) is 17.2 Å². The molecule has 10 nitrogen and oxygen atoms in total. The fourth-order valence-electron chi connectivity index (χ4n) is 5.95. The second-order valence-electron chi connectivity index (χ2n) is 11.5. The standard InChI is InChI=1S/C36H47N3O7S/c1-5-32(36(41)37-28-15-11-8-12-16-28)38(24-23-27-13-9-7-10-14-27)35(40)26-39(29-17-19-30(20-18-29)46-6-2)47(42,43)31-21-22-33(44-3)34(25-31)45-4/h7,9-10,13-14,17-22,25,28,32H,5-6,8,11-12,15-16,23-24,26H2,1-4H3,(H,37,41)/t32-/m1/s1. The lowest BCUT2D eigenvalue weighted by Crippen LogP contribution is -2.54. The van der Waals surface area contributed by atoms with E-state index in [0.717, 1.165) is 42.0 Å². The first-order valence-electron chi connectivity index (χ1n) is 16.3. The van der Waals surface area contributed by atoms with Crippen LogP contribution in [-0.4, -0.2) is 71.1 Å². The summed E-state index contributed by atoms with van der Waals surface area (Å²) in [6.45, 7) is 3.90. The molecule has 0 spiro atoms. The van der Waals surface area contributed by atoms with Crippen molar-refractivity contribution in [3.63, 3.8) is 0 Å². The first kappa shape index (κ1) is 35.6. The van der Waals surface area contributed by atoms with E-state index in [1.807, 2.05) is 44.2 Å². The van der Waals surface area contributed by atoms with Gasteiger partial charge in [-0.1, -0.05) is 56.5 Å². The third-order valence-electron chi connectivity index (χ3n) is 8.48. The monoisotopic (exact) mass is 665 g/mol. The number of nitrogens with one attached hydrogen (secondary N) is 1. The molecule has 0 bridgehead atoms. The van der Waals surface area contributed by atoms with Crippen molar-refractivity contribution in [2.75, 3.05) is 38.2 Å². The molecule has 0 radical (unpaired) electrons. The van der Waals surface area contributed by atoms with Gasteiger partial charge in [-0.15, -0.1) is 0 Å². The van der Waals surface area contributed by atoms with Gasteiger partial charge in [-0.3, -0.25) is 13.9 Å². The molecule has 3 aromatic carbocycles. The molecule has 1 aliphatic rings. The van der Waals surface area contributed by atoms with E-state index in [1.165, 1.54) is 37.3 Å². The summed E-state index contributed by atoms with van der Waals surface area (Å²) in [6, 6.07) is 19.9. The van der Waals surface area contributed by atoms with E-state index in [4.69, 9.17) is 14.2 Å². The summed E-state index contributed by atoms with van der Waals surface area (Å²) in [5.74, 6) is 0.486. The maximum Gasteiger partial charge on any atom is 0.264 e. The van der Waals surface area contributed by atoms with E-state index in [2.05, 4.69) is 5.32 Å². The van der Waals surface area contributed by atoms with E-state index >= 15 is 0 Å². The zero-order valence-electron chi connectivity index (χ0n) is 27.8. The number of methoxy groups -OCH3 is 2. The summed E-state index contributed by atoms with van der Waals surface area (Å²) in [7, 11) is -1.40. The van der Waals surface area contributed by atoms with Crippen LogP contribution in [0.15, 0.2) is 77.7 Å². The lowest BCUT2D eigenvalue weighted by atomic mass is 9.95. The molecular formula is C36H47N3O7S. The highest BCUT2D eigenvalue weighted by atomic mass is 32.2. The van der Waals surface area contributed by atoms with Gasteiger partial charge in [0.15, 0.2) is 11.5 Å². The molecule has 1 aliphatic carbocycles. The Balaban J connectivity index is 1.71. The summed E-state index contributed by atoms with van der Waals surface area (Å²) in [6.07, 6.45) is 5.98. The van der Waals surface area contributed by atoms with Crippen molar-refractivity contribution in [3.8, 4) is 17.2 Å². The Bertz CT molecular complexity index is 1560. The zero-order valence-corrected chi connectivity index (χ0v) is 28.6. The van der Waals surface area contributed by atoms with E-state index in [-0.39, 0.29) is 34.8 Å². The largest absolute Gasteiger partial charge is 0.494 e. The van der Waals surface area contributed by atoms with Crippen LogP contribution < -0.4 is 23.8 Å². The van der Waals surface area contributed by atoms with Crippen LogP contribution in [0.25, 0.3) is 0 Å². The molecule has 2 amide bonds. The maximum atomic E-state index is 14.4. The highest BCUT2D eigenvalue weighted by Gasteiger charge is 2.34. The SMILES string of the molecule is CCOc1ccc(N(CC(=O)N(CCc2ccccc2)[C@H](CC)C(=O)NC2CCCCC2)S(=O)(=O)c2ccc(OC)c(OC)c2)cc1. The van der Waals surface area contributed by atoms with Gasteiger partial charge in [-0.25, -0.2) is 8.42 Å². The molecule has 0 unspecified atom stereocenters. The van der Waals surface area contributed by atoms with Crippen molar-refractivity contribution in [1.29, 1.82) is 0 Å². The van der Waals surface area contributed by atoms with Gasteiger partial charge in [-0.05, 0) is 74.6 Å². The minimum absolute atomic E-state index is 0.0714. The average Bonchev–Trinajstić information content (AvgIpc) is 3.09. The Hall–Kier alpha value is -4.25. The van der Waals surface area contributed by atoms with Crippen molar-refractivity contribution in [1.82, 2.24) is 10.2 Å². The lowest BCUT2D eigenvalue weighted by molar-refractivity contribution is -0.140. The van der Waals surface area contributed by atoms with Gasteiger partial charge < -0.3 is 24.4 Å². The van der Waals surface area contributed by atoms with Crippen LogP contribution in [0.2, 0.25) is 0 Å². The summed E-state index contributed by atoms with van der Waals surface area (Å²) in [4.78, 5) is 29.6. The normalized spacial score (nSPS) is 14.1. The number of carbonyl (C=O) groups is 2. The Morgan fingerprint density at radius 3 is 2.19 bits per heavy atom. The van der Waals surface area contributed by atoms with Gasteiger partial charge in [-0.2, -0.15) is 0 Å². The van der Waals surface area contributed by atoms with Gasteiger partial charge >= 0.3 is 0 Å². The second-order valence-corrected chi connectivity index (χ2v) is 13.4. The molecule has 11 heteroatoms. The van der Waals surface area contributed by atoms with Crippen LogP contribution in [0.4, 0.5) is 5.69 Å². The molecule has 47 heavy (non-hydrogen) atoms. The highest BCUT2D eigenvalue weighted by Crippen LogP contribution is 2.33. The van der Waals surface area contributed by atoms with E-state index in [9.17, 15) is 18.0 Å². The molecule has 1 saturated carbocycles. The number of rotatable bonds is 16. The number of hydrogen-bond donors (Lipinski definition) is 1. The van der Waals surface area contributed by atoms with E-state index < -0.39 is 28.5 Å². The predicted octanol–water partition coefficient (Wildman–Crippen LogP) is 5.60. The number of nitrogens with zero attached hydrogens (tertiary/aromatic N) is 2. The number of carbonyl (C=O) groups excluding carboxylic acids is 2. The van der Waals surface area contributed by atoms with Gasteiger partial charge in [0.25, 0.3) is 10.0 Å². The van der Waals surface area contributed by atoms with E-state index in [1.54, 1.807) is 24.3 Å². The first-order valence-corrected chi connectivity index (χ1v) is 17.8. The number of ether oxygens (including phenoxy) is 3. The summed E-state index contributed by atoms with van der Waals surface area (Å²) < 4.78 is 46.0. The van der Waals surface area contributed by atoms with Crippen molar-refractivity contribution < 1.29 is 32.2 Å². The van der Waals surface area contributed by atoms with Gasteiger partial charge in [0.2, 0.25) is 11.8 Å².